The van der Waals surface area contributed by atoms with Crippen LogP contribution in [0.2, 0.25) is 0 Å². The van der Waals surface area contributed by atoms with E-state index in [0.717, 1.165) is 11.3 Å². The maximum atomic E-state index is 14.0. The number of anilines is 4. The maximum absolute atomic E-state index is 14.0. The molecule has 1 heterocycles. The second kappa shape index (κ2) is 17.4. The fourth-order valence-electron chi connectivity index (χ4n) is 5.99. The highest BCUT2D eigenvalue weighted by atomic mass is 16.6. The van der Waals surface area contributed by atoms with Gasteiger partial charge in [-0.15, -0.1) is 0 Å². The highest BCUT2D eigenvalue weighted by Gasteiger charge is 2.39. The average Bonchev–Trinajstić information content (AvgIpc) is 3.09. The first-order valence-corrected chi connectivity index (χ1v) is 17.3. The molecule has 0 spiro atoms. The molecular weight excluding hydrogens is 666 g/mol. The van der Waals surface area contributed by atoms with Gasteiger partial charge in [0.15, 0.2) is 0 Å². The number of nitrogens with zero attached hydrogens (tertiary/aromatic N) is 2. The Hall–Kier alpha value is -5.79. The van der Waals surface area contributed by atoms with Crippen LogP contribution in [-0.2, 0) is 25.7 Å². The fourth-order valence-corrected chi connectivity index (χ4v) is 5.99. The lowest BCUT2D eigenvalue weighted by Crippen LogP contribution is -2.47. The standard InChI is InChI=1S/C38H49N7O7/c1-6-33(46)44-24(2)22-32(29-10-7-8-12-31(29)44)45(28-19-15-26(39)16-20-28)37(50)51-23-25-13-17-27(18-14-25)42-34(47)30(11-9-21-41-35(40)48)43-36(49)52-38(3,4)5/h7-8,10,12-20,24,30,32H,6,9,11,21-23,39H2,1-5H3,(H,42,47)(H,43,49)(H3,40,41,48)/t24-,30-,32+/m0/s1. The van der Waals surface area contributed by atoms with Crippen molar-refractivity contribution in [2.75, 3.05) is 27.4 Å². The predicted molar refractivity (Wildman–Crippen MR) is 200 cm³/mol. The number of nitrogens with two attached hydrogens (primary N) is 2. The van der Waals surface area contributed by atoms with E-state index in [2.05, 4.69) is 16.0 Å². The summed E-state index contributed by atoms with van der Waals surface area (Å²) < 4.78 is 11.2. The number of primary amides is 1. The monoisotopic (exact) mass is 715 g/mol. The minimum Gasteiger partial charge on any atom is -0.444 e. The van der Waals surface area contributed by atoms with Crippen LogP contribution in [0.1, 0.15) is 77.5 Å². The van der Waals surface area contributed by atoms with Crippen molar-refractivity contribution < 1.29 is 33.4 Å². The number of hydrogen-bond acceptors (Lipinski definition) is 8. The van der Waals surface area contributed by atoms with Gasteiger partial charge < -0.3 is 41.8 Å². The number of para-hydroxylation sites is 1. The molecule has 278 valence electrons. The molecule has 3 aromatic carbocycles. The Kier molecular flexibility index (Phi) is 13.1. The minimum atomic E-state index is -0.954. The Morgan fingerprint density at radius 1 is 0.981 bits per heavy atom. The van der Waals surface area contributed by atoms with Gasteiger partial charge in [-0.25, -0.2) is 14.4 Å². The Morgan fingerprint density at radius 3 is 2.29 bits per heavy atom. The largest absolute Gasteiger partial charge is 0.444 e. The zero-order valence-electron chi connectivity index (χ0n) is 30.3. The Bertz CT molecular complexity index is 1720. The smallest absolute Gasteiger partial charge is 0.415 e. The van der Waals surface area contributed by atoms with E-state index in [-0.39, 0.29) is 31.5 Å². The molecule has 0 fully saturated rings. The maximum Gasteiger partial charge on any atom is 0.415 e. The van der Waals surface area contributed by atoms with Crippen molar-refractivity contribution in [2.24, 2.45) is 5.73 Å². The molecule has 1 aliphatic heterocycles. The van der Waals surface area contributed by atoms with Gasteiger partial charge in [0.1, 0.15) is 18.2 Å². The van der Waals surface area contributed by atoms with Crippen molar-refractivity contribution in [3.63, 3.8) is 0 Å². The Balaban J connectivity index is 1.47. The third-order valence-electron chi connectivity index (χ3n) is 8.37. The van der Waals surface area contributed by atoms with E-state index in [1.165, 1.54) is 0 Å². The zero-order chi connectivity index (χ0) is 38.0. The van der Waals surface area contributed by atoms with Crippen molar-refractivity contribution in [3.8, 4) is 0 Å². The molecule has 3 atom stereocenters. The van der Waals surface area contributed by atoms with Crippen molar-refractivity contribution >= 4 is 52.8 Å². The molecule has 0 unspecified atom stereocenters. The molecule has 0 saturated heterocycles. The number of amides is 6. The van der Waals surface area contributed by atoms with E-state index in [1.807, 2.05) is 38.1 Å². The highest BCUT2D eigenvalue weighted by Crippen LogP contribution is 2.42. The van der Waals surface area contributed by atoms with Crippen molar-refractivity contribution in [2.45, 2.75) is 90.6 Å². The number of rotatable bonds is 12. The number of ether oxygens (including phenoxy) is 2. The zero-order valence-corrected chi connectivity index (χ0v) is 30.3. The fraction of sp³-hybridized carbons (Fsp3) is 0.395. The number of hydrogen-bond donors (Lipinski definition) is 5. The van der Waals surface area contributed by atoms with E-state index in [0.29, 0.717) is 41.9 Å². The highest BCUT2D eigenvalue weighted by molar-refractivity contribution is 5.97. The van der Waals surface area contributed by atoms with E-state index in [1.54, 1.807) is 79.1 Å². The van der Waals surface area contributed by atoms with Gasteiger partial charge in [-0.2, -0.15) is 0 Å². The summed E-state index contributed by atoms with van der Waals surface area (Å²) >= 11 is 0. The first-order valence-electron chi connectivity index (χ1n) is 17.3. The number of nitrogens with one attached hydrogen (secondary N) is 3. The second-order valence-electron chi connectivity index (χ2n) is 13.6. The lowest BCUT2D eigenvalue weighted by molar-refractivity contribution is -0.119. The third-order valence-corrected chi connectivity index (χ3v) is 8.37. The topological polar surface area (TPSA) is 198 Å². The van der Waals surface area contributed by atoms with Crippen LogP contribution in [0.25, 0.3) is 0 Å². The number of nitrogen functional groups attached to an aromatic ring is 1. The molecule has 0 radical (unpaired) electrons. The van der Waals surface area contributed by atoms with Gasteiger partial charge in [0.25, 0.3) is 0 Å². The van der Waals surface area contributed by atoms with Crippen LogP contribution < -0.4 is 37.2 Å². The molecule has 0 aliphatic carbocycles. The van der Waals surface area contributed by atoms with Gasteiger partial charge in [0.05, 0.1) is 6.04 Å². The van der Waals surface area contributed by atoms with Crippen LogP contribution in [0.5, 0.6) is 0 Å². The molecular formula is C38H49N7O7. The summed E-state index contributed by atoms with van der Waals surface area (Å²) in [5.74, 6) is -0.476. The van der Waals surface area contributed by atoms with E-state index in [4.69, 9.17) is 20.9 Å². The minimum absolute atomic E-state index is 0.00646. The first-order chi connectivity index (χ1) is 24.7. The second-order valence-corrected chi connectivity index (χ2v) is 13.6. The molecule has 0 bridgehead atoms. The molecule has 0 aromatic heterocycles. The molecule has 7 N–H and O–H groups in total. The average molecular weight is 716 g/mol. The summed E-state index contributed by atoms with van der Waals surface area (Å²) in [5.41, 5.74) is 14.2. The Labute approximate surface area is 304 Å². The number of carbonyl (C=O) groups excluding carboxylic acids is 5. The molecule has 0 saturated carbocycles. The van der Waals surface area contributed by atoms with Crippen LogP contribution in [-0.4, -0.2) is 54.3 Å². The summed E-state index contributed by atoms with van der Waals surface area (Å²) in [6, 6.07) is 19.1. The van der Waals surface area contributed by atoms with E-state index >= 15 is 0 Å². The van der Waals surface area contributed by atoms with Crippen molar-refractivity contribution in [3.05, 3.63) is 83.9 Å². The van der Waals surface area contributed by atoms with Crippen LogP contribution in [0.3, 0.4) is 0 Å². The quantitative estimate of drug-likeness (QED) is 0.112. The van der Waals surface area contributed by atoms with Crippen molar-refractivity contribution in [1.29, 1.82) is 0 Å². The Morgan fingerprint density at radius 2 is 1.65 bits per heavy atom. The number of urea groups is 1. The summed E-state index contributed by atoms with van der Waals surface area (Å²) in [6.07, 6.45) is 0.0952. The molecule has 52 heavy (non-hydrogen) atoms. The summed E-state index contributed by atoms with van der Waals surface area (Å²) in [7, 11) is 0. The summed E-state index contributed by atoms with van der Waals surface area (Å²) in [5, 5.41) is 7.85. The number of fused-ring (bicyclic) bond motifs is 1. The predicted octanol–water partition coefficient (Wildman–Crippen LogP) is 5.97. The van der Waals surface area contributed by atoms with Gasteiger partial charge in [-0.05, 0) is 101 Å². The first kappa shape index (κ1) is 39.0. The van der Waals surface area contributed by atoms with Gasteiger partial charge >= 0.3 is 18.2 Å². The molecule has 14 nitrogen and oxygen atoms in total. The summed E-state index contributed by atoms with van der Waals surface area (Å²) in [6.45, 7) is 9.11. The van der Waals surface area contributed by atoms with Crippen LogP contribution in [0.15, 0.2) is 72.8 Å². The number of carbonyl (C=O) groups is 5. The molecule has 1 aliphatic rings. The van der Waals surface area contributed by atoms with E-state index < -0.39 is 41.8 Å². The summed E-state index contributed by atoms with van der Waals surface area (Å²) in [4.78, 5) is 67.0. The molecule has 3 aromatic rings. The molecule has 14 heteroatoms. The van der Waals surface area contributed by atoms with Gasteiger partial charge in [0.2, 0.25) is 11.8 Å². The van der Waals surface area contributed by atoms with Gasteiger partial charge in [0, 0.05) is 41.8 Å². The molecule has 6 amide bonds. The normalized spacial score (nSPS) is 15.8. The molecule has 4 rings (SSSR count). The number of benzene rings is 3. The van der Waals surface area contributed by atoms with Crippen LogP contribution >= 0.6 is 0 Å². The van der Waals surface area contributed by atoms with Crippen LogP contribution in [0.4, 0.5) is 37.1 Å². The van der Waals surface area contributed by atoms with Crippen molar-refractivity contribution in [1.82, 2.24) is 10.6 Å². The SMILES string of the molecule is CCC(=O)N1c2ccccc2[C@H](N(C(=O)OCc2ccc(NC(=O)[C@H](CCCNC(N)=O)NC(=O)OC(C)(C)C)cc2)c2ccc(N)cc2)C[C@@H]1C. The van der Waals surface area contributed by atoms with Gasteiger partial charge in [-0.3, -0.25) is 14.5 Å². The lowest BCUT2D eigenvalue weighted by Gasteiger charge is -2.43. The third kappa shape index (κ3) is 10.6. The number of alkyl carbamates (subject to hydrolysis) is 1. The lowest BCUT2D eigenvalue weighted by atomic mass is 9.90. The van der Waals surface area contributed by atoms with Gasteiger partial charge in [-0.1, -0.05) is 37.3 Å². The van der Waals surface area contributed by atoms with Crippen LogP contribution in [0, 0.1) is 0 Å². The van der Waals surface area contributed by atoms with E-state index in [9.17, 15) is 24.0 Å².